The first-order valence-corrected chi connectivity index (χ1v) is 7.50. The van der Waals surface area contributed by atoms with Crippen LogP contribution in [-0.4, -0.2) is 59.6 Å². The van der Waals surface area contributed by atoms with Crippen LogP contribution in [0.25, 0.3) is 0 Å². The zero-order valence-electron chi connectivity index (χ0n) is 12.8. The van der Waals surface area contributed by atoms with E-state index >= 15 is 0 Å². The number of carbonyl (C=O) groups is 1. The molecule has 5 nitrogen and oxygen atoms in total. The molecule has 21 heavy (non-hydrogen) atoms. The van der Waals surface area contributed by atoms with Gasteiger partial charge in [0, 0.05) is 32.2 Å². The predicted octanol–water partition coefficient (Wildman–Crippen LogP) is 1.71. The van der Waals surface area contributed by atoms with Gasteiger partial charge < -0.3 is 14.7 Å². The number of piperazine rings is 1. The number of phenolic OH excluding ortho intramolecular Hbond substituents is 1. The summed E-state index contributed by atoms with van der Waals surface area (Å²) in [5.74, 6) is 0.652. The molecule has 0 atom stereocenters. The highest BCUT2D eigenvalue weighted by Gasteiger charge is 2.22. The number of benzene rings is 1. The molecule has 1 aliphatic rings. The van der Waals surface area contributed by atoms with E-state index in [1.165, 1.54) is 0 Å². The number of amides is 1. The number of phenols is 1. The Morgan fingerprint density at radius 2 is 1.90 bits per heavy atom. The van der Waals surface area contributed by atoms with Crippen molar-refractivity contribution in [3.63, 3.8) is 0 Å². The van der Waals surface area contributed by atoms with Crippen LogP contribution in [0, 0.1) is 0 Å². The third-order valence-corrected chi connectivity index (χ3v) is 3.84. The van der Waals surface area contributed by atoms with Gasteiger partial charge in [-0.15, -0.1) is 0 Å². The predicted molar refractivity (Wildman–Crippen MR) is 81.5 cm³/mol. The molecule has 1 aliphatic heterocycles. The Hall–Kier alpha value is -1.75. The first-order valence-electron chi connectivity index (χ1n) is 7.50. The van der Waals surface area contributed by atoms with Crippen molar-refractivity contribution in [2.45, 2.75) is 26.3 Å². The third kappa shape index (κ3) is 4.36. The number of carbonyl (C=O) groups excluding carboxylic acids is 1. The average molecular weight is 292 g/mol. The molecule has 0 radical (unpaired) electrons. The minimum absolute atomic E-state index is 0.107. The van der Waals surface area contributed by atoms with Crippen molar-refractivity contribution in [1.29, 1.82) is 0 Å². The third-order valence-electron chi connectivity index (χ3n) is 3.84. The van der Waals surface area contributed by atoms with Crippen LogP contribution < -0.4 is 4.74 Å². The van der Waals surface area contributed by atoms with E-state index in [-0.39, 0.29) is 11.7 Å². The fraction of sp³-hybridized carbons (Fsp3) is 0.562. The summed E-state index contributed by atoms with van der Waals surface area (Å²) in [6.45, 7) is 8.09. The Morgan fingerprint density at radius 3 is 2.52 bits per heavy atom. The van der Waals surface area contributed by atoms with Gasteiger partial charge in [0.05, 0.1) is 13.0 Å². The van der Waals surface area contributed by atoms with Crippen molar-refractivity contribution in [1.82, 2.24) is 9.80 Å². The van der Waals surface area contributed by atoms with E-state index in [2.05, 4.69) is 18.7 Å². The summed E-state index contributed by atoms with van der Waals surface area (Å²) in [5, 5.41) is 9.58. The van der Waals surface area contributed by atoms with Gasteiger partial charge in [-0.05, 0) is 26.0 Å². The Labute approximate surface area is 126 Å². The number of rotatable bonds is 5. The number of aromatic hydroxyl groups is 1. The van der Waals surface area contributed by atoms with E-state index in [0.717, 1.165) is 26.2 Å². The second kappa shape index (κ2) is 7.31. The fourth-order valence-corrected chi connectivity index (χ4v) is 2.47. The monoisotopic (exact) mass is 292 g/mol. The smallest absolute Gasteiger partial charge is 0.226 e. The Morgan fingerprint density at radius 1 is 1.24 bits per heavy atom. The van der Waals surface area contributed by atoms with Gasteiger partial charge >= 0.3 is 0 Å². The van der Waals surface area contributed by atoms with Crippen LogP contribution >= 0.6 is 0 Å². The molecule has 0 spiro atoms. The van der Waals surface area contributed by atoms with Gasteiger partial charge in [0.25, 0.3) is 0 Å². The summed E-state index contributed by atoms with van der Waals surface area (Å²) < 4.78 is 5.45. The lowest BCUT2D eigenvalue weighted by molar-refractivity contribution is -0.133. The van der Waals surface area contributed by atoms with Crippen molar-refractivity contribution < 1.29 is 14.6 Å². The van der Waals surface area contributed by atoms with E-state index in [9.17, 15) is 9.90 Å². The van der Waals surface area contributed by atoms with Gasteiger partial charge in [-0.3, -0.25) is 9.69 Å². The lowest BCUT2D eigenvalue weighted by Gasteiger charge is -2.37. The van der Waals surface area contributed by atoms with Gasteiger partial charge in [-0.2, -0.15) is 0 Å². The number of hydrogen-bond acceptors (Lipinski definition) is 4. The first-order chi connectivity index (χ1) is 10.1. The normalized spacial score (nSPS) is 16.2. The first kappa shape index (κ1) is 15.6. The summed E-state index contributed by atoms with van der Waals surface area (Å²) in [4.78, 5) is 16.4. The molecule has 1 saturated heterocycles. The maximum absolute atomic E-state index is 12.1. The van der Waals surface area contributed by atoms with Crippen molar-refractivity contribution in [2.24, 2.45) is 0 Å². The minimum Gasteiger partial charge on any atom is -0.504 e. The van der Waals surface area contributed by atoms with Gasteiger partial charge in [-0.1, -0.05) is 12.1 Å². The van der Waals surface area contributed by atoms with E-state index in [1.807, 2.05) is 4.90 Å². The molecule has 5 heteroatoms. The highest BCUT2D eigenvalue weighted by molar-refractivity contribution is 5.76. The summed E-state index contributed by atoms with van der Waals surface area (Å²) in [6, 6.07) is 7.33. The largest absolute Gasteiger partial charge is 0.504 e. The molecule has 0 saturated carbocycles. The quantitative estimate of drug-likeness (QED) is 0.898. The fourth-order valence-electron chi connectivity index (χ4n) is 2.47. The van der Waals surface area contributed by atoms with E-state index in [0.29, 0.717) is 24.8 Å². The number of nitrogens with zero attached hydrogens (tertiary/aromatic N) is 2. The van der Waals surface area contributed by atoms with Crippen LogP contribution in [0.4, 0.5) is 0 Å². The zero-order valence-corrected chi connectivity index (χ0v) is 12.8. The SMILES string of the molecule is CC(C)N1CCN(C(=O)CCOc2ccccc2O)CC1. The van der Waals surface area contributed by atoms with Crippen LogP contribution in [0.3, 0.4) is 0 Å². The Balaban J connectivity index is 1.72. The molecular weight excluding hydrogens is 268 g/mol. The molecule has 116 valence electrons. The highest BCUT2D eigenvalue weighted by Crippen LogP contribution is 2.24. The molecular formula is C16H24N2O3. The van der Waals surface area contributed by atoms with Gasteiger partial charge in [0.1, 0.15) is 0 Å². The molecule has 2 rings (SSSR count). The molecule has 1 N–H and O–H groups in total. The second-order valence-corrected chi connectivity index (χ2v) is 5.58. The van der Waals surface area contributed by atoms with Crippen molar-refractivity contribution >= 4 is 5.91 Å². The van der Waals surface area contributed by atoms with Gasteiger partial charge in [-0.25, -0.2) is 0 Å². The Bertz CT molecular complexity index is 468. The topological polar surface area (TPSA) is 53.0 Å². The number of para-hydroxylation sites is 2. The summed E-state index contributed by atoms with van der Waals surface area (Å²) in [7, 11) is 0. The molecule has 0 aliphatic carbocycles. The molecule has 1 amide bonds. The summed E-state index contributed by atoms with van der Waals surface area (Å²) in [6.07, 6.45) is 0.343. The lowest BCUT2D eigenvalue weighted by atomic mass is 10.2. The lowest BCUT2D eigenvalue weighted by Crippen LogP contribution is -2.50. The molecule has 0 unspecified atom stereocenters. The maximum atomic E-state index is 12.1. The van der Waals surface area contributed by atoms with Crippen LogP contribution in [0.15, 0.2) is 24.3 Å². The zero-order chi connectivity index (χ0) is 15.2. The standard InChI is InChI=1S/C16H24N2O3/c1-13(2)17-8-10-18(11-9-17)16(20)7-12-21-15-6-4-3-5-14(15)19/h3-6,13,19H,7-12H2,1-2H3. The number of ether oxygens (including phenoxy) is 1. The van der Waals surface area contributed by atoms with E-state index in [4.69, 9.17) is 4.74 Å². The molecule has 1 aromatic carbocycles. The number of hydrogen-bond donors (Lipinski definition) is 1. The summed E-state index contributed by atoms with van der Waals surface area (Å²) >= 11 is 0. The highest BCUT2D eigenvalue weighted by atomic mass is 16.5. The van der Waals surface area contributed by atoms with Crippen molar-refractivity contribution in [3.05, 3.63) is 24.3 Å². The van der Waals surface area contributed by atoms with Crippen LogP contribution in [0.2, 0.25) is 0 Å². The average Bonchev–Trinajstić information content (AvgIpc) is 2.49. The van der Waals surface area contributed by atoms with E-state index in [1.54, 1.807) is 24.3 Å². The molecule has 0 bridgehead atoms. The van der Waals surface area contributed by atoms with Crippen LogP contribution in [0.1, 0.15) is 20.3 Å². The molecule has 1 heterocycles. The van der Waals surface area contributed by atoms with Crippen LogP contribution in [-0.2, 0) is 4.79 Å². The molecule has 1 aromatic rings. The van der Waals surface area contributed by atoms with Gasteiger partial charge in [0.2, 0.25) is 5.91 Å². The van der Waals surface area contributed by atoms with Crippen LogP contribution in [0.5, 0.6) is 11.5 Å². The maximum Gasteiger partial charge on any atom is 0.226 e. The van der Waals surface area contributed by atoms with Gasteiger partial charge in [0.15, 0.2) is 11.5 Å². The Kier molecular flexibility index (Phi) is 5.44. The second-order valence-electron chi connectivity index (χ2n) is 5.58. The molecule has 0 aromatic heterocycles. The van der Waals surface area contributed by atoms with E-state index < -0.39 is 0 Å². The molecule has 1 fully saturated rings. The minimum atomic E-state index is 0.107. The summed E-state index contributed by atoms with van der Waals surface area (Å²) in [5.41, 5.74) is 0. The van der Waals surface area contributed by atoms with Crippen molar-refractivity contribution in [3.8, 4) is 11.5 Å². The van der Waals surface area contributed by atoms with Crippen molar-refractivity contribution in [2.75, 3.05) is 32.8 Å².